The Morgan fingerprint density at radius 3 is 2.33 bits per heavy atom. The average molecular weight is 588 g/mol. The van der Waals surface area contributed by atoms with E-state index in [0.717, 1.165) is 20.1 Å². The van der Waals surface area contributed by atoms with Crippen LogP contribution in [0.3, 0.4) is 0 Å². The minimum atomic E-state index is -3.91. The molecule has 3 aromatic carbocycles. The van der Waals surface area contributed by atoms with Gasteiger partial charge < -0.3 is 5.32 Å². The molecule has 0 aliphatic rings. The molecule has 0 aliphatic heterocycles. The van der Waals surface area contributed by atoms with E-state index in [1.54, 1.807) is 60.3 Å². The minimum Gasteiger partial charge on any atom is -0.354 e. The van der Waals surface area contributed by atoms with Crippen molar-refractivity contribution in [1.82, 2.24) is 5.32 Å². The zero-order chi connectivity index (χ0) is 23.8. The normalized spacial score (nSPS) is 11.2. The molecule has 0 aromatic heterocycles. The minimum absolute atomic E-state index is 0.123. The van der Waals surface area contributed by atoms with E-state index in [1.165, 1.54) is 12.1 Å². The Kier molecular flexibility index (Phi) is 9.52. The molecule has 0 aliphatic carbocycles. The SMILES string of the molecule is O=C(CN(c1ccc(Br)cc1)S(=O)(=O)c1ccccc1)NCCSCc1ccc(Cl)c(Cl)c1. The number of benzene rings is 3. The monoisotopic (exact) mass is 586 g/mol. The summed E-state index contributed by atoms with van der Waals surface area (Å²) in [6.07, 6.45) is 0. The highest BCUT2D eigenvalue weighted by Gasteiger charge is 2.26. The summed E-state index contributed by atoms with van der Waals surface area (Å²) in [5.41, 5.74) is 1.45. The molecule has 0 bridgehead atoms. The summed E-state index contributed by atoms with van der Waals surface area (Å²) >= 11 is 16.9. The van der Waals surface area contributed by atoms with Crippen LogP contribution in [-0.2, 0) is 20.6 Å². The van der Waals surface area contributed by atoms with E-state index >= 15 is 0 Å². The van der Waals surface area contributed by atoms with Crippen LogP contribution in [0.1, 0.15) is 5.56 Å². The van der Waals surface area contributed by atoms with E-state index in [4.69, 9.17) is 23.2 Å². The number of carbonyl (C=O) groups excluding carboxylic acids is 1. The number of nitrogens with zero attached hydrogens (tertiary/aromatic N) is 1. The number of halogens is 3. The number of thioether (sulfide) groups is 1. The molecule has 1 N–H and O–H groups in total. The Morgan fingerprint density at radius 1 is 0.970 bits per heavy atom. The maximum atomic E-state index is 13.2. The molecular weight excluding hydrogens is 567 g/mol. The number of hydrogen-bond acceptors (Lipinski definition) is 4. The summed E-state index contributed by atoms with van der Waals surface area (Å²) in [7, 11) is -3.91. The highest BCUT2D eigenvalue weighted by Crippen LogP contribution is 2.26. The van der Waals surface area contributed by atoms with Crippen LogP contribution in [0.15, 0.2) is 82.2 Å². The van der Waals surface area contributed by atoms with E-state index in [0.29, 0.717) is 28.0 Å². The molecule has 174 valence electrons. The molecule has 0 heterocycles. The van der Waals surface area contributed by atoms with Crippen molar-refractivity contribution in [3.05, 3.63) is 92.9 Å². The molecule has 3 aromatic rings. The number of anilines is 1. The van der Waals surface area contributed by atoms with E-state index in [-0.39, 0.29) is 17.3 Å². The first-order chi connectivity index (χ1) is 15.8. The molecule has 0 unspecified atom stereocenters. The lowest BCUT2D eigenvalue weighted by atomic mass is 10.2. The Labute approximate surface area is 216 Å². The second-order valence-corrected chi connectivity index (χ2v) is 11.6. The van der Waals surface area contributed by atoms with Crippen LogP contribution < -0.4 is 9.62 Å². The van der Waals surface area contributed by atoms with Gasteiger partial charge in [0.15, 0.2) is 0 Å². The Hall–Kier alpha value is -1.71. The number of carbonyl (C=O) groups is 1. The quantitative estimate of drug-likeness (QED) is 0.295. The van der Waals surface area contributed by atoms with E-state index in [9.17, 15) is 13.2 Å². The van der Waals surface area contributed by atoms with Crippen LogP contribution in [0, 0.1) is 0 Å². The molecule has 0 saturated heterocycles. The van der Waals surface area contributed by atoms with Crippen molar-refractivity contribution in [1.29, 1.82) is 0 Å². The lowest BCUT2D eigenvalue weighted by molar-refractivity contribution is -0.119. The predicted molar refractivity (Wildman–Crippen MR) is 141 cm³/mol. The first-order valence-electron chi connectivity index (χ1n) is 9.89. The van der Waals surface area contributed by atoms with Crippen molar-refractivity contribution < 1.29 is 13.2 Å². The van der Waals surface area contributed by atoms with Crippen LogP contribution in [-0.4, -0.2) is 33.2 Å². The summed E-state index contributed by atoms with van der Waals surface area (Å²) in [6.45, 7) is 0.0840. The lowest BCUT2D eigenvalue weighted by Crippen LogP contribution is -2.41. The molecule has 0 spiro atoms. The van der Waals surface area contributed by atoms with Gasteiger partial charge in [-0.3, -0.25) is 9.10 Å². The Morgan fingerprint density at radius 2 is 1.67 bits per heavy atom. The number of hydrogen-bond donors (Lipinski definition) is 1. The van der Waals surface area contributed by atoms with E-state index < -0.39 is 10.0 Å². The maximum absolute atomic E-state index is 13.2. The summed E-state index contributed by atoms with van der Waals surface area (Å²) in [5.74, 6) is 1.00. The number of sulfonamides is 1. The fraction of sp³-hybridized carbons (Fsp3) is 0.174. The number of nitrogens with one attached hydrogen (secondary N) is 1. The van der Waals surface area contributed by atoms with Crippen LogP contribution in [0.2, 0.25) is 10.0 Å². The molecule has 0 fully saturated rings. The highest BCUT2D eigenvalue weighted by atomic mass is 79.9. The van der Waals surface area contributed by atoms with Gasteiger partial charge in [-0.1, -0.05) is 63.4 Å². The average Bonchev–Trinajstić information content (AvgIpc) is 2.81. The third kappa shape index (κ3) is 7.39. The summed E-state index contributed by atoms with van der Waals surface area (Å²) in [4.78, 5) is 12.7. The van der Waals surface area contributed by atoms with Crippen molar-refractivity contribution in [3.63, 3.8) is 0 Å². The van der Waals surface area contributed by atoms with Crippen LogP contribution >= 0.6 is 50.9 Å². The molecule has 1 amide bonds. The Balaban J connectivity index is 1.60. The molecule has 5 nitrogen and oxygen atoms in total. The van der Waals surface area contributed by atoms with E-state index in [2.05, 4.69) is 21.2 Å². The van der Waals surface area contributed by atoms with Crippen LogP contribution in [0.4, 0.5) is 5.69 Å². The number of rotatable bonds is 10. The van der Waals surface area contributed by atoms with Gasteiger partial charge in [-0.2, -0.15) is 11.8 Å². The maximum Gasteiger partial charge on any atom is 0.264 e. The molecule has 0 atom stereocenters. The van der Waals surface area contributed by atoms with Crippen molar-refractivity contribution >= 4 is 72.5 Å². The third-order valence-electron chi connectivity index (χ3n) is 4.55. The second-order valence-electron chi connectivity index (χ2n) is 6.95. The van der Waals surface area contributed by atoms with Gasteiger partial charge in [0.2, 0.25) is 5.91 Å². The van der Waals surface area contributed by atoms with Gasteiger partial charge in [0, 0.05) is 22.5 Å². The van der Waals surface area contributed by atoms with Gasteiger partial charge in [-0.15, -0.1) is 0 Å². The van der Waals surface area contributed by atoms with Crippen LogP contribution in [0.25, 0.3) is 0 Å². The van der Waals surface area contributed by atoms with E-state index in [1.807, 2.05) is 12.1 Å². The van der Waals surface area contributed by atoms with Crippen LogP contribution in [0.5, 0.6) is 0 Å². The second kappa shape index (κ2) is 12.1. The predicted octanol–water partition coefficient (Wildman–Crippen LogP) is 6.00. The van der Waals surface area contributed by atoms with Crippen molar-refractivity contribution in [2.24, 2.45) is 0 Å². The zero-order valence-electron chi connectivity index (χ0n) is 17.4. The van der Waals surface area contributed by atoms with Gasteiger partial charge in [0.1, 0.15) is 6.54 Å². The van der Waals surface area contributed by atoms with Gasteiger partial charge in [0.25, 0.3) is 10.0 Å². The molecule has 0 radical (unpaired) electrons. The zero-order valence-corrected chi connectivity index (χ0v) is 22.1. The third-order valence-corrected chi connectivity index (χ3v) is 8.64. The molecular formula is C23H21BrCl2N2O3S2. The standard InChI is InChI=1S/C23H21BrCl2N2O3S2/c24-18-7-9-19(10-8-18)28(33(30,31)20-4-2-1-3-5-20)15-23(29)27-12-13-32-16-17-6-11-21(25)22(26)14-17/h1-11,14H,12-13,15-16H2,(H,27,29). The number of amides is 1. The summed E-state index contributed by atoms with van der Waals surface area (Å²) in [6, 6.07) is 20.3. The Bertz CT molecular complexity index is 1190. The molecule has 33 heavy (non-hydrogen) atoms. The summed E-state index contributed by atoms with van der Waals surface area (Å²) < 4.78 is 28.4. The molecule has 10 heteroatoms. The summed E-state index contributed by atoms with van der Waals surface area (Å²) in [5, 5.41) is 3.82. The first-order valence-corrected chi connectivity index (χ1v) is 14.0. The topological polar surface area (TPSA) is 66.5 Å². The first kappa shape index (κ1) is 25.9. The lowest BCUT2D eigenvalue weighted by Gasteiger charge is -2.24. The molecule has 3 rings (SSSR count). The van der Waals surface area contributed by atoms with Crippen molar-refractivity contribution in [2.75, 3.05) is 23.1 Å². The fourth-order valence-corrected chi connectivity index (χ4v) is 5.74. The molecule has 0 saturated carbocycles. The smallest absolute Gasteiger partial charge is 0.264 e. The van der Waals surface area contributed by atoms with Crippen molar-refractivity contribution in [2.45, 2.75) is 10.6 Å². The van der Waals surface area contributed by atoms with Crippen molar-refractivity contribution in [3.8, 4) is 0 Å². The van der Waals surface area contributed by atoms with Gasteiger partial charge in [0.05, 0.1) is 20.6 Å². The fourth-order valence-electron chi connectivity index (χ4n) is 2.91. The highest BCUT2D eigenvalue weighted by molar-refractivity contribution is 9.10. The van der Waals surface area contributed by atoms with Gasteiger partial charge in [-0.05, 0) is 54.1 Å². The van der Waals surface area contributed by atoms with Gasteiger partial charge >= 0.3 is 0 Å². The largest absolute Gasteiger partial charge is 0.354 e. The van der Waals surface area contributed by atoms with Gasteiger partial charge in [-0.25, -0.2) is 8.42 Å².